The minimum Gasteiger partial charge on any atom is -0.471 e. The van der Waals surface area contributed by atoms with Gasteiger partial charge in [0.05, 0.1) is 17.8 Å². The molecule has 0 aliphatic carbocycles. The summed E-state index contributed by atoms with van der Waals surface area (Å²) in [6.45, 7) is 2.26. The molecule has 13 heavy (non-hydrogen) atoms. The quantitative estimate of drug-likeness (QED) is 0.581. The number of hydrogen-bond donors (Lipinski definition) is 1. The Morgan fingerprint density at radius 1 is 1.69 bits per heavy atom. The van der Waals surface area contributed by atoms with Crippen LogP contribution in [0.5, 0.6) is 0 Å². The van der Waals surface area contributed by atoms with Crippen molar-refractivity contribution in [3.63, 3.8) is 0 Å². The van der Waals surface area contributed by atoms with Crippen LogP contribution in [0, 0.1) is 6.92 Å². The monoisotopic (exact) mass is 219 g/mol. The third-order valence-electron chi connectivity index (χ3n) is 1.12. The lowest BCUT2D eigenvalue weighted by molar-refractivity contribution is -0.126. The molecule has 0 aromatic carbocycles. The van der Waals surface area contributed by atoms with E-state index in [-0.39, 0.29) is 0 Å². The zero-order chi connectivity index (χ0) is 10.3. The number of pyridine rings is 1. The molecule has 5 heteroatoms. The fourth-order valence-electron chi connectivity index (χ4n) is 0.497. The molecule has 0 aliphatic rings. The fourth-order valence-corrected chi connectivity index (χ4v) is 0.928. The van der Waals surface area contributed by atoms with Crippen molar-refractivity contribution in [2.45, 2.75) is 11.8 Å². The second kappa shape index (κ2) is 6.74. The highest BCUT2D eigenvalue weighted by atomic mass is 35.5. The molecular formula is C8H10ClNO2S. The van der Waals surface area contributed by atoms with Gasteiger partial charge in [-0.1, -0.05) is 11.6 Å². The summed E-state index contributed by atoms with van der Waals surface area (Å²) in [5.41, 5.74) is 0.905. The first kappa shape index (κ1) is 12.3. The molecular weight excluding hydrogens is 210 g/mol. The van der Waals surface area contributed by atoms with Crippen molar-refractivity contribution in [1.29, 1.82) is 0 Å². The average Bonchev–Trinajstić information content (AvgIpc) is 2.12. The Kier molecular flexibility index (Phi) is 6.36. The Hall–Kier alpha value is -0.740. The van der Waals surface area contributed by atoms with Gasteiger partial charge in [-0.3, -0.25) is 9.78 Å². The van der Waals surface area contributed by atoms with Gasteiger partial charge in [-0.2, -0.15) is 0 Å². The molecule has 0 radical (unpaired) electrons. The molecule has 0 unspecified atom stereocenters. The second-order valence-corrected chi connectivity index (χ2v) is 3.01. The van der Waals surface area contributed by atoms with Crippen LogP contribution in [0.25, 0.3) is 0 Å². The Morgan fingerprint density at radius 3 is 2.54 bits per heavy atom. The van der Waals surface area contributed by atoms with E-state index in [4.69, 9.17) is 16.4 Å². The van der Waals surface area contributed by atoms with E-state index in [9.17, 15) is 0 Å². The van der Waals surface area contributed by atoms with Crippen LogP contribution in [-0.2, 0) is 9.53 Å². The third-order valence-corrected chi connectivity index (χ3v) is 1.78. The second-order valence-electron chi connectivity index (χ2n) is 2.09. The highest BCUT2D eigenvalue weighted by Gasteiger charge is 1.93. The summed E-state index contributed by atoms with van der Waals surface area (Å²) >= 11 is 9.73. The Balaban J connectivity index is 0.000000310. The maximum atomic E-state index is 8.95. The number of halogens is 1. The molecule has 1 aromatic rings. The lowest BCUT2D eigenvalue weighted by Gasteiger charge is -1.95. The number of ether oxygens (including phenoxy) is 1. The van der Waals surface area contributed by atoms with Crippen molar-refractivity contribution in [3.05, 3.63) is 23.0 Å². The summed E-state index contributed by atoms with van der Waals surface area (Å²) in [6.07, 6.45) is 1.61. The first-order valence-electron chi connectivity index (χ1n) is 3.39. The maximum Gasteiger partial charge on any atom is 0.292 e. The molecule has 0 bridgehead atoms. The van der Waals surface area contributed by atoms with E-state index in [1.165, 1.54) is 7.11 Å². The molecule has 1 heterocycles. The Bertz CT molecular complexity index is 281. The molecule has 0 spiro atoms. The Morgan fingerprint density at radius 2 is 2.23 bits per heavy atom. The van der Waals surface area contributed by atoms with Crippen molar-refractivity contribution in [2.24, 2.45) is 0 Å². The average molecular weight is 220 g/mol. The lowest BCUT2D eigenvalue weighted by atomic mass is 10.4. The van der Waals surface area contributed by atoms with Gasteiger partial charge in [0.1, 0.15) is 0 Å². The maximum absolute atomic E-state index is 8.95. The molecule has 0 N–H and O–H groups in total. The minimum absolute atomic E-state index is 0.375. The molecule has 0 fully saturated rings. The van der Waals surface area contributed by atoms with Gasteiger partial charge in [0.15, 0.2) is 0 Å². The van der Waals surface area contributed by atoms with E-state index in [0.29, 0.717) is 11.5 Å². The number of rotatable bonds is 1. The van der Waals surface area contributed by atoms with Crippen LogP contribution in [-0.4, -0.2) is 18.6 Å². The van der Waals surface area contributed by atoms with E-state index in [2.05, 4.69) is 22.3 Å². The summed E-state index contributed by atoms with van der Waals surface area (Å²) < 4.78 is 3.86. The highest BCUT2D eigenvalue weighted by molar-refractivity contribution is 7.80. The predicted octanol–water partition coefficient (Wildman–Crippen LogP) is 2.12. The van der Waals surface area contributed by atoms with Crippen LogP contribution in [0.15, 0.2) is 17.2 Å². The molecule has 0 saturated carbocycles. The van der Waals surface area contributed by atoms with E-state index in [1.54, 1.807) is 12.3 Å². The smallest absolute Gasteiger partial charge is 0.292 e. The highest BCUT2D eigenvalue weighted by Crippen LogP contribution is 2.14. The van der Waals surface area contributed by atoms with Gasteiger partial charge in [-0.25, -0.2) is 0 Å². The zero-order valence-electron chi connectivity index (χ0n) is 7.32. The largest absolute Gasteiger partial charge is 0.471 e. The summed E-state index contributed by atoms with van der Waals surface area (Å²) in [7, 11) is 1.31. The predicted molar refractivity (Wildman–Crippen MR) is 54.3 cm³/mol. The van der Waals surface area contributed by atoms with Crippen LogP contribution in [0.3, 0.4) is 0 Å². The summed E-state index contributed by atoms with van der Waals surface area (Å²) in [4.78, 5) is 13.8. The van der Waals surface area contributed by atoms with Crippen molar-refractivity contribution >= 4 is 30.7 Å². The lowest BCUT2D eigenvalue weighted by Crippen LogP contribution is -1.80. The molecule has 72 valence electrons. The summed E-state index contributed by atoms with van der Waals surface area (Å²) in [6, 6.07) is 1.77. The van der Waals surface area contributed by atoms with Crippen LogP contribution in [0.4, 0.5) is 0 Å². The molecule has 0 amide bonds. The van der Waals surface area contributed by atoms with Crippen molar-refractivity contribution < 1.29 is 9.53 Å². The third kappa shape index (κ3) is 5.49. The van der Waals surface area contributed by atoms with Crippen molar-refractivity contribution in [2.75, 3.05) is 7.11 Å². The van der Waals surface area contributed by atoms with Crippen LogP contribution >= 0.6 is 24.2 Å². The van der Waals surface area contributed by atoms with E-state index < -0.39 is 0 Å². The van der Waals surface area contributed by atoms with Gasteiger partial charge >= 0.3 is 0 Å². The number of methoxy groups -OCH3 is 1. The van der Waals surface area contributed by atoms with Gasteiger partial charge in [-0.05, 0) is 13.0 Å². The van der Waals surface area contributed by atoms with Crippen molar-refractivity contribution in [1.82, 2.24) is 4.98 Å². The zero-order valence-corrected chi connectivity index (χ0v) is 8.97. The normalized spacial score (nSPS) is 8.31. The summed E-state index contributed by atoms with van der Waals surface area (Å²) in [5.74, 6) is 0. The van der Waals surface area contributed by atoms with Crippen LogP contribution in [0.1, 0.15) is 5.69 Å². The number of carbonyl (C=O) groups is 1. The molecule has 3 nitrogen and oxygen atoms in total. The molecule has 0 atom stereocenters. The fraction of sp³-hybridized carbons (Fsp3) is 0.250. The van der Waals surface area contributed by atoms with Crippen LogP contribution in [0.2, 0.25) is 5.02 Å². The van der Waals surface area contributed by atoms with E-state index >= 15 is 0 Å². The molecule has 0 aliphatic heterocycles. The molecule has 1 rings (SSSR count). The number of thiol groups is 1. The van der Waals surface area contributed by atoms with Gasteiger partial charge in [0, 0.05) is 11.1 Å². The van der Waals surface area contributed by atoms with Gasteiger partial charge in [0.2, 0.25) is 0 Å². The molecule has 1 aromatic heterocycles. The van der Waals surface area contributed by atoms with Gasteiger partial charge in [-0.15, -0.1) is 12.6 Å². The Labute approximate surface area is 87.5 Å². The van der Waals surface area contributed by atoms with Gasteiger partial charge in [0.25, 0.3) is 6.47 Å². The first-order chi connectivity index (χ1) is 6.11. The minimum atomic E-state index is 0.375. The molecule has 0 saturated heterocycles. The number of hydrogen-bond acceptors (Lipinski definition) is 4. The standard InChI is InChI=1S/C6H6ClNS.C2H4O2/c1-4-6(9)2-5(7)3-8-4;1-4-2-3/h2-3,9H,1H3;2H,1H3. The first-order valence-corrected chi connectivity index (χ1v) is 4.22. The van der Waals surface area contributed by atoms with Crippen molar-refractivity contribution in [3.8, 4) is 0 Å². The van der Waals surface area contributed by atoms with E-state index in [1.807, 2.05) is 6.92 Å². The topological polar surface area (TPSA) is 39.2 Å². The number of nitrogens with zero attached hydrogens (tertiary/aromatic N) is 1. The number of aryl methyl sites for hydroxylation is 1. The van der Waals surface area contributed by atoms with E-state index in [0.717, 1.165) is 10.6 Å². The number of aromatic nitrogens is 1. The summed E-state index contributed by atoms with van der Waals surface area (Å²) in [5, 5.41) is 0.630. The number of carbonyl (C=O) groups excluding carboxylic acids is 1. The van der Waals surface area contributed by atoms with Crippen LogP contribution < -0.4 is 0 Å². The van der Waals surface area contributed by atoms with Gasteiger partial charge < -0.3 is 4.74 Å². The SMILES string of the molecule is COC=O.Cc1ncc(Cl)cc1S.